The van der Waals surface area contributed by atoms with Crippen molar-refractivity contribution >= 4 is 51.7 Å². The summed E-state index contributed by atoms with van der Waals surface area (Å²) >= 11 is 2.66. The minimum atomic E-state index is -1.17. The van der Waals surface area contributed by atoms with Crippen molar-refractivity contribution in [1.29, 1.82) is 0 Å². The van der Waals surface area contributed by atoms with Gasteiger partial charge in [0.1, 0.15) is 0 Å². The van der Waals surface area contributed by atoms with Crippen LogP contribution < -0.4 is 10.6 Å². The molecule has 0 bridgehead atoms. The van der Waals surface area contributed by atoms with E-state index in [-0.39, 0.29) is 22.8 Å². The number of anilines is 2. The molecule has 2 amide bonds. The fourth-order valence-corrected chi connectivity index (χ4v) is 3.62. The van der Waals surface area contributed by atoms with Crippen LogP contribution in [-0.4, -0.2) is 33.6 Å². The number of benzene rings is 2. The minimum absolute atomic E-state index is 0.0654. The highest BCUT2D eigenvalue weighted by molar-refractivity contribution is 8.00. The predicted molar refractivity (Wildman–Crippen MR) is 109 cm³/mol. The van der Waals surface area contributed by atoms with E-state index in [1.807, 2.05) is 6.07 Å². The number of carbonyl (C=O) groups excluding carboxylic acids is 2. The first-order valence-electron chi connectivity index (χ1n) is 8.09. The molecule has 0 fully saturated rings. The van der Waals surface area contributed by atoms with E-state index >= 15 is 0 Å². The number of hydrogen-bond acceptors (Lipinski definition) is 6. The Hall–Kier alpha value is -3.17. The third-order valence-corrected chi connectivity index (χ3v) is 5.22. The summed E-state index contributed by atoms with van der Waals surface area (Å²) in [6, 6.07) is 13.0. The molecule has 3 aromatic rings. The molecule has 0 aliphatic rings. The lowest BCUT2D eigenvalue weighted by atomic mass is 10.1. The third kappa shape index (κ3) is 5.18. The van der Waals surface area contributed by atoms with Crippen molar-refractivity contribution in [3.05, 3.63) is 71.2 Å². The van der Waals surface area contributed by atoms with Gasteiger partial charge >= 0.3 is 5.97 Å². The van der Waals surface area contributed by atoms with E-state index in [1.54, 1.807) is 41.9 Å². The number of hydrogen-bond donors (Lipinski definition) is 3. The molecule has 3 N–H and O–H groups in total. The average molecular weight is 413 g/mol. The molecule has 7 nitrogen and oxygen atoms in total. The number of carboxylic acids is 1. The van der Waals surface area contributed by atoms with Crippen LogP contribution in [0.5, 0.6) is 0 Å². The number of thiazole rings is 1. The maximum atomic E-state index is 12.4. The topological polar surface area (TPSA) is 108 Å². The van der Waals surface area contributed by atoms with Crippen molar-refractivity contribution < 1.29 is 19.5 Å². The van der Waals surface area contributed by atoms with Crippen LogP contribution in [0.4, 0.5) is 10.8 Å². The molecular weight excluding hydrogens is 398 g/mol. The lowest BCUT2D eigenvalue weighted by molar-refractivity contribution is -0.113. The van der Waals surface area contributed by atoms with Gasteiger partial charge in [0.2, 0.25) is 5.91 Å². The van der Waals surface area contributed by atoms with Crippen molar-refractivity contribution in [1.82, 2.24) is 4.98 Å². The molecule has 0 aliphatic heterocycles. The quantitative estimate of drug-likeness (QED) is 0.508. The first-order valence-corrected chi connectivity index (χ1v) is 9.95. The highest BCUT2D eigenvalue weighted by Crippen LogP contribution is 2.23. The van der Waals surface area contributed by atoms with Gasteiger partial charge in [-0.3, -0.25) is 9.59 Å². The first-order chi connectivity index (χ1) is 13.5. The molecule has 1 heterocycles. The van der Waals surface area contributed by atoms with Crippen LogP contribution in [0, 0.1) is 0 Å². The van der Waals surface area contributed by atoms with Crippen molar-refractivity contribution in [2.45, 2.75) is 4.90 Å². The van der Waals surface area contributed by atoms with Crippen molar-refractivity contribution in [2.75, 3.05) is 16.4 Å². The smallest absolute Gasteiger partial charge is 0.336 e. The molecule has 0 unspecified atom stereocenters. The second-order valence-electron chi connectivity index (χ2n) is 5.51. The van der Waals surface area contributed by atoms with Crippen LogP contribution in [-0.2, 0) is 4.79 Å². The van der Waals surface area contributed by atoms with E-state index < -0.39 is 11.9 Å². The molecule has 3 rings (SSSR count). The van der Waals surface area contributed by atoms with Gasteiger partial charge < -0.3 is 15.7 Å². The van der Waals surface area contributed by atoms with E-state index in [0.717, 1.165) is 4.90 Å². The Morgan fingerprint density at radius 1 is 1.04 bits per heavy atom. The fourth-order valence-electron chi connectivity index (χ4n) is 2.32. The summed E-state index contributed by atoms with van der Waals surface area (Å²) < 4.78 is 0. The van der Waals surface area contributed by atoms with Gasteiger partial charge in [-0.05, 0) is 30.3 Å². The number of amides is 2. The molecule has 0 atom stereocenters. The fraction of sp³-hybridized carbons (Fsp3) is 0.0526. The van der Waals surface area contributed by atoms with Crippen molar-refractivity contribution in [3.8, 4) is 0 Å². The average Bonchev–Trinajstić information content (AvgIpc) is 3.19. The van der Waals surface area contributed by atoms with Gasteiger partial charge in [0, 0.05) is 22.2 Å². The standard InChI is InChI=1S/C19H15N3O4S2/c23-16(22-19-20-8-9-27-19)11-28-13-5-3-4-12(10-13)21-17(24)14-6-1-2-7-15(14)18(25)26/h1-10H,11H2,(H,21,24)(H,25,26)(H,20,22,23). The second kappa shape index (κ2) is 9.16. The molecule has 0 aliphatic carbocycles. The molecule has 0 radical (unpaired) electrons. The summed E-state index contributed by atoms with van der Waals surface area (Å²) in [5, 5.41) is 16.9. The Kier molecular flexibility index (Phi) is 6.41. The molecule has 28 heavy (non-hydrogen) atoms. The summed E-state index contributed by atoms with van der Waals surface area (Å²) in [5.41, 5.74) is 0.524. The molecule has 1 aromatic heterocycles. The highest BCUT2D eigenvalue weighted by Gasteiger charge is 2.16. The summed E-state index contributed by atoms with van der Waals surface area (Å²) in [7, 11) is 0. The Morgan fingerprint density at radius 2 is 1.82 bits per heavy atom. The molecule has 0 saturated heterocycles. The van der Waals surface area contributed by atoms with Gasteiger partial charge in [-0.25, -0.2) is 9.78 Å². The van der Waals surface area contributed by atoms with Crippen molar-refractivity contribution in [3.63, 3.8) is 0 Å². The normalized spacial score (nSPS) is 10.3. The number of thioether (sulfide) groups is 1. The Labute approximate surface area is 168 Å². The van der Waals surface area contributed by atoms with Gasteiger partial charge in [-0.1, -0.05) is 18.2 Å². The number of rotatable bonds is 7. The van der Waals surface area contributed by atoms with Crippen molar-refractivity contribution in [2.24, 2.45) is 0 Å². The number of nitrogens with zero attached hydrogens (tertiary/aromatic N) is 1. The first kappa shape index (κ1) is 19.6. The lowest BCUT2D eigenvalue weighted by Gasteiger charge is -2.09. The summed E-state index contributed by atoms with van der Waals surface area (Å²) in [4.78, 5) is 40.4. The van der Waals surface area contributed by atoms with Gasteiger partial charge in [0.15, 0.2) is 5.13 Å². The van der Waals surface area contributed by atoms with E-state index in [1.165, 1.54) is 35.2 Å². The summed E-state index contributed by atoms with van der Waals surface area (Å²) in [6.45, 7) is 0. The zero-order valence-electron chi connectivity index (χ0n) is 14.4. The molecule has 0 saturated carbocycles. The van der Waals surface area contributed by atoms with Gasteiger partial charge in [0.25, 0.3) is 5.91 Å². The van der Waals surface area contributed by atoms with Crippen LogP contribution in [0.15, 0.2) is 65.0 Å². The largest absolute Gasteiger partial charge is 0.478 e. The van der Waals surface area contributed by atoms with Crippen LogP contribution in [0.2, 0.25) is 0 Å². The number of carboxylic acid groups (broad SMARTS) is 1. The number of aromatic carboxylic acids is 1. The van der Waals surface area contributed by atoms with E-state index in [4.69, 9.17) is 0 Å². The van der Waals surface area contributed by atoms with Gasteiger partial charge in [-0.15, -0.1) is 23.1 Å². The van der Waals surface area contributed by atoms with E-state index in [9.17, 15) is 19.5 Å². The molecule has 142 valence electrons. The van der Waals surface area contributed by atoms with Crippen LogP contribution in [0.25, 0.3) is 0 Å². The van der Waals surface area contributed by atoms with Gasteiger partial charge in [0.05, 0.1) is 16.9 Å². The predicted octanol–water partition coefficient (Wildman–Crippen LogP) is 3.82. The third-order valence-electron chi connectivity index (χ3n) is 3.54. The summed E-state index contributed by atoms with van der Waals surface area (Å²) in [6.07, 6.45) is 1.61. The number of aromatic nitrogens is 1. The Morgan fingerprint density at radius 3 is 2.54 bits per heavy atom. The zero-order chi connectivity index (χ0) is 19.9. The summed E-state index contributed by atoms with van der Waals surface area (Å²) in [5.74, 6) is -1.66. The maximum absolute atomic E-state index is 12.4. The lowest BCUT2D eigenvalue weighted by Crippen LogP contribution is -2.16. The maximum Gasteiger partial charge on any atom is 0.336 e. The number of carbonyl (C=O) groups is 3. The van der Waals surface area contributed by atoms with E-state index in [2.05, 4.69) is 15.6 Å². The second-order valence-corrected chi connectivity index (χ2v) is 7.45. The highest BCUT2D eigenvalue weighted by atomic mass is 32.2. The Balaban J connectivity index is 1.62. The van der Waals surface area contributed by atoms with Crippen LogP contribution in [0.3, 0.4) is 0 Å². The SMILES string of the molecule is O=C(CSc1cccc(NC(=O)c2ccccc2C(=O)O)c1)Nc1nccs1. The molecule has 9 heteroatoms. The minimum Gasteiger partial charge on any atom is -0.478 e. The zero-order valence-corrected chi connectivity index (χ0v) is 16.0. The van der Waals surface area contributed by atoms with E-state index in [0.29, 0.717) is 10.8 Å². The monoisotopic (exact) mass is 413 g/mol. The van der Waals surface area contributed by atoms with Gasteiger partial charge in [-0.2, -0.15) is 0 Å². The van der Waals surface area contributed by atoms with Crippen LogP contribution >= 0.6 is 23.1 Å². The number of nitrogens with one attached hydrogen (secondary N) is 2. The molecule has 2 aromatic carbocycles. The molecular formula is C19H15N3O4S2. The van der Waals surface area contributed by atoms with Crippen LogP contribution in [0.1, 0.15) is 20.7 Å². The molecule has 0 spiro atoms. The Bertz CT molecular complexity index is 1010.